The maximum Gasteiger partial charge on any atom is 0.254 e. The summed E-state index contributed by atoms with van der Waals surface area (Å²) in [5.41, 5.74) is 0.455. The van der Waals surface area contributed by atoms with Crippen LogP contribution in [-0.4, -0.2) is 36.6 Å². The molecule has 1 aromatic heterocycles. The number of carbonyl (C=O) groups is 2. The molecule has 2 heterocycles. The van der Waals surface area contributed by atoms with Gasteiger partial charge >= 0.3 is 0 Å². The number of hydroxylamine groups is 2. The maximum absolute atomic E-state index is 11.7. The number of nitrogens with one attached hydrogen (secondary N) is 1. The summed E-state index contributed by atoms with van der Waals surface area (Å²) < 4.78 is 4.80. The minimum absolute atomic E-state index is 0.0952. The second-order valence-electron chi connectivity index (χ2n) is 4.05. The van der Waals surface area contributed by atoms with E-state index in [0.29, 0.717) is 25.3 Å². The summed E-state index contributed by atoms with van der Waals surface area (Å²) in [7, 11) is 0. The fourth-order valence-corrected chi connectivity index (χ4v) is 1.70. The number of rotatable bonds is 4. The summed E-state index contributed by atoms with van der Waals surface area (Å²) in [5.74, 6) is -0.335. The van der Waals surface area contributed by atoms with Gasteiger partial charge in [-0.15, -0.1) is 0 Å². The number of hydrogen-bond donors (Lipinski definition) is 1. The van der Waals surface area contributed by atoms with E-state index in [1.807, 2.05) is 0 Å². The van der Waals surface area contributed by atoms with Crippen LogP contribution in [0.1, 0.15) is 29.6 Å². The Morgan fingerprint density at radius 3 is 2.94 bits per heavy atom. The summed E-state index contributed by atoms with van der Waals surface area (Å²) in [4.78, 5) is 28.5. The Labute approximate surface area is 105 Å². The van der Waals surface area contributed by atoms with E-state index in [2.05, 4.69) is 5.32 Å². The van der Waals surface area contributed by atoms with Crippen LogP contribution in [0.15, 0.2) is 23.0 Å². The van der Waals surface area contributed by atoms with E-state index < -0.39 is 0 Å². The van der Waals surface area contributed by atoms with Gasteiger partial charge < -0.3 is 9.73 Å². The molecule has 0 spiro atoms. The summed E-state index contributed by atoms with van der Waals surface area (Å²) in [6.07, 6.45) is 4.99. The van der Waals surface area contributed by atoms with E-state index in [4.69, 9.17) is 9.25 Å². The molecule has 6 nitrogen and oxygen atoms in total. The van der Waals surface area contributed by atoms with Crippen LogP contribution in [0.2, 0.25) is 0 Å². The van der Waals surface area contributed by atoms with Crippen molar-refractivity contribution in [2.75, 3.05) is 19.7 Å². The second kappa shape index (κ2) is 6.20. The zero-order chi connectivity index (χ0) is 12.8. The van der Waals surface area contributed by atoms with Gasteiger partial charge in [-0.25, -0.2) is 5.06 Å². The highest BCUT2D eigenvalue weighted by molar-refractivity contribution is 5.93. The standard InChI is InChI=1S/C12H16N2O4/c15-11(14-6-1-2-7-18-14)3-5-13-12(16)10-4-8-17-9-10/h4,8-9H,1-3,5-7H2,(H,13,16). The van der Waals surface area contributed by atoms with Crippen LogP contribution >= 0.6 is 0 Å². The quantitative estimate of drug-likeness (QED) is 0.866. The monoisotopic (exact) mass is 252 g/mol. The highest BCUT2D eigenvalue weighted by Crippen LogP contribution is 2.07. The molecule has 1 aromatic rings. The van der Waals surface area contributed by atoms with E-state index in [1.165, 1.54) is 17.6 Å². The first-order chi connectivity index (χ1) is 8.77. The molecule has 1 aliphatic heterocycles. The largest absolute Gasteiger partial charge is 0.472 e. The van der Waals surface area contributed by atoms with Crippen LogP contribution in [0, 0.1) is 0 Å². The normalized spacial score (nSPS) is 15.4. The molecule has 0 aromatic carbocycles. The molecule has 2 rings (SSSR count). The lowest BCUT2D eigenvalue weighted by molar-refractivity contribution is -0.196. The van der Waals surface area contributed by atoms with Crippen molar-refractivity contribution in [1.29, 1.82) is 0 Å². The Bertz CT molecular complexity index is 396. The van der Waals surface area contributed by atoms with Crippen molar-refractivity contribution in [3.63, 3.8) is 0 Å². The number of nitrogens with zero attached hydrogens (tertiary/aromatic N) is 1. The topological polar surface area (TPSA) is 71.8 Å². The number of amides is 2. The van der Waals surface area contributed by atoms with Gasteiger partial charge in [-0.1, -0.05) is 0 Å². The van der Waals surface area contributed by atoms with Gasteiger partial charge in [-0.2, -0.15) is 0 Å². The highest BCUT2D eigenvalue weighted by Gasteiger charge is 2.17. The van der Waals surface area contributed by atoms with Gasteiger partial charge in [0.05, 0.1) is 18.4 Å². The Morgan fingerprint density at radius 1 is 1.39 bits per heavy atom. The van der Waals surface area contributed by atoms with Crippen LogP contribution in [-0.2, 0) is 9.63 Å². The van der Waals surface area contributed by atoms with E-state index >= 15 is 0 Å². The minimum atomic E-state index is -0.240. The molecule has 0 saturated carbocycles. The third-order valence-corrected chi connectivity index (χ3v) is 2.69. The lowest BCUT2D eigenvalue weighted by Gasteiger charge is -2.25. The van der Waals surface area contributed by atoms with Crippen LogP contribution in [0.5, 0.6) is 0 Å². The van der Waals surface area contributed by atoms with Gasteiger partial charge in [-0.05, 0) is 18.9 Å². The van der Waals surface area contributed by atoms with Crippen molar-refractivity contribution >= 4 is 11.8 Å². The Morgan fingerprint density at radius 2 is 2.28 bits per heavy atom. The molecule has 0 atom stereocenters. The molecular weight excluding hydrogens is 236 g/mol. The van der Waals surface area contributed by atoms with E-state index in [0.717, 1.165) is 12.8 Å². The van der Waals surface area contributed by atoms with E-state index in [1.54, 1.807) is 6.07 Å². The van der Waals surface area contributed by atoms with Crippen molar-refractivity contribution in [1.82, 2.24) is 10.4 Å². The number of hydrogen-bond acceptors (Lipinski definition) is 4. The molecule has 1 aliphatic rings. The summed E-state index contributed by atoms with van der Waals surface area (Å²) in [6.45, 7) is 1.52. The molecular formula is C12H16N2O4. The van der Waals surface area contributed by atoms with Crippen LogP contribution in [0.4, 0.5) is 0 Å². The second-order valence-corrected chi connectivity index (χ2v) is 4.05. The lowest BCUT2D eigenvalue weighted by Crippen LogP contribution is -2.37. The smallest absolute Gasteiger partial charge is 0.254 e. The molecule has 0 unspecified atom stereocenters. The van der Waals surface area contributed by atoms with Gasteiger partial charge in [0.1, 0.15) is 6.26 Å². The molecule has 1 saturated heterocycles. The predicted octanol–water partition coefficient (Wildman–Crippen LogP) is 0.953. The Hall–Kier alpha value is -1.82. The number of furan rings is 1. The first-order valence-corrected chi connectivity index (χ1v) is 6.01. The third-order valence-electron chi connectivity index (χ3n) is 2.69. The zero-order valence-corrected chi connectivity index (χ0v) is 10.1. The van der Waals surface area contributed by atoms with Gasteiger partial charge in [0.15, 0.2) is 0 Å². The average Bonchev–Trinajstić information content (AvgIpc) is 2.93. The molecule has 1 N–H and O–H groups in total. The fourth-order valence-electron chi connectivity index (χ4n) is 1.70. The SMILES string of the molecule is O=C(NCCC(=O)N1CCCCO1)c1ccoc1. The molecule has 6 heteroatoms. The van der Waals surface area contributed by atoms with Gasteiger partial charge in [0, 0.05) is 19.5 Å². The molecule has 18 heavy (non-hydrogen) atoms. The van der Waals surface area contributed by atoms with Gasteiger partial charge in [0.25, 0.3) is 5.91 Å². The number of carbonyl (C=O) groups excluding carboxylic acids is 2. The van der Waals surface area contributed by atoms with E-state index in [-0.39, 0.29) is 18.2 Å². The Balaban J connectivity index is 1.68. The maximum atomic E-state index is 11.7. The minimum Gasteiger partial charge on any atom is -0.472 e. The van der Waals surface area contributed by atoms with Gasteiger partial charge in [0.2, 0.25) is 5.91 Å². The average molecular weight is 252 g/mol. The highest BCUT2D eigenvalue weighted by atomic mass is 16.7. The van der Waals surface area contributed by atoms with Crippen LogP contribution < -0.4 is 5.32 Å². The molecule has 98 valence electrons. The van der Waals surface area contributed by atoms with Crippen molar-refractivity contribution < 1.29 is 18.8 Å². The first-order valence-electron chi connectivity index (χ1n) is 6.01. The third kappa shape index (κ3) is 3.33. The van der Waals surface area contributed by atoms with Crippen LogP contribution in [0.3, 0.4) is 0 Å². The van der Waals surface area contributed by atoms with Crippen molar-refractivity contribution in [2.45, 2.75) is 19.3 Å². The van der Waals surface area contributed by atoms with Crippen molar-refractivity contribution in [3.8, 4) is 0 Å². The Kier molecular flexibility index (Phi) is 4.35. The van der Waals surface area contributed by atoms with E-state index in [9.17, 15) is 9.59 Å². The summed E-state index contributed by atoms with van der Waals surface area (Å²) in [6, 6.07) is 1.57. The molecule has 0 aliphatic carbocycles. The van der Waals surface area contributed by atoms with Crippen molar-refractivity contribution in [3.05, 3.63) is 24.2 Å². The first kappa shape index (κ1) is 12.6. The molecule has 0 bridgehead atoms. The summed E-state index contributed by atoms with van der Waals surface area (Å²) in [5, 5.41) is 4.04. The summed E-state index contributed by atoms with van der Waals surface area (Å²) >= 11 is 0. The fraction of sp³-hybridized carbons (Fsp3) is 0.500. The lowest BCUT2D eigenvalue weighted by atomic mass is 10.3. The molecule has 2 amide bonds. The molecule has 1 fully saturated rings. The van der Waals surface area contributed by atoms with Crippen molar-refractivity contribution in [2.24, 2.45) is 0 Å². The van der Waals surface area contributed by atoms with Crippen LogP contribution in [0.25, 0.3) is 0 Å². The zero-order valence-electron chi connectivity index (χ0n) is 10.1. The predicted molar refractivity (Wildman–Crippen MR) is 62.6 cm³/mol. The van der Waals surface area contributed by atoms with Gasteiger partial charge in [-0.3, -0.25) is 14.4 Å². The molecule has 0 radical (unpaired) electrons.